The van der Waals surface area contributed by atoms with E-state index in [1.807, 2.05) is 44.4 Å². The number of rotatable bonds is 6. The topological polar surface area (TPSA) is 54.0 Å². The Morgan fingerprint density at radius 1 is 1.13 bits per heavy atom. The van der Waals surface area contributed by atoms with Gasteiger partial charge in [-0.1, -0.05) is 30.3 Å². The lowest BCUT2D eigenvalue weighted by molar-refractivity contribution is -0.121. The van der Waals surface area contributed by atoms with Gasteiger partial charge in [0.05, 0.1) is 6.04 Å². The van der Waals surface area contributed by atoms with Gasteiger partial charge in [-0.05, 0) is 36.7 Å². The summed E-state index contributed by atoms with van der Waals surface area (Å²) in [5, 5.41) is 5.97. The van der Waals surface area contributed by atoms with Gasteiger partial charge >= 0.3 is 0 Å². The average Bonchev–Trinajstić information content (AvgIpc) is 2.54. The van der Waals surface area contributed by atoms with Crippen molar-refractivity contribution >= 4 is 30.7 Å². The minimum atomic E-state index is 0. The molecule has 2 aromatic rings. The third-order valence-electron chi connectivity index (χ3n) is 3.39. The van der Waals surface area contributed by atoms with Crippen molar-refractivity contribution in [1.82, 2.24) is 15.6 Å². The van der Waals surface area contributed by atoms with Crippen LogP contribution in [0, 0.1) is 0 Å². The summed E-state index contributed by atoms with van der Waals surface area (Å²) in [6.45, 7) is 2.69. The molecule has 0 saturated heterocycles. The molecule has 4 nitrogen and oxygen atoms in total. The smallest absolute Gasteiger partial charge is 0.221 e. The van der Waals surface area contributed by atoms with Crippen LogP contribution in [0.4, 0.5) is 0 Å². The van der Waals surface area contributed by atoms with Crippen molar-refractivity contribution in [2.45, 2.75) is 19.4 Å². The largest absolute Gasteiger partial charge is 0.350 e. The molecule has 1 atom stereocenters. The Kier molecular flexibility index (Phi) is 10.2. The van der Waals surface area contributed by atoms with E-state index in [1.54, 1.807) is 6.20 Å². The summed E-state index contributed by atoms with van der Waals surface area (Å²) in [6.07, 6.45) is 4.10. The third-order valence-corrected chi connectivity index (χ3v) is 3.39. The van der Waals surface area contributed by atoms with Crippen LogP contribution in [0.5, 0.6) is 0 Å². The van der Waals surface area contributed by atoms with Crippen molar-refractivity contribution < 1.29 is 4.79 Å². The maximum atomic E-state index is 11.7. The summed E-state index contributed by atoms with van der Waals surface area (Å²) in [4.78, 5) is 15.8. The molecular weight excluding hydrogens is 333 g/mol. The van der Waals surface area contributed by atoms with E-state index < -0.39 is 0 Å². The molecule has 2 rings (SSSR count). The summed E-state index contributed by atoms with van der Waals surface area (Å²) in [5.41, 5.74) is 3.32. The van der Waals surface area contributed by atoms with Gasteiger partial charge in [-0.3, -0.25) is 9.78 Å². The van der Waals surface area contributed by atoms with Crippen LogP contribution in [0.25, 0.3) is 11.1 Å². The molecule has 0 saturated carbocycles. The maximum absolute atomic E-state index is 11.7. The Hall–Kier alpha value is -1.62. The predicted molar refractivity (Wildman–Crippen MR) is 99.3 cm³/mol. The SMILES string of the molecule is CNCCC(=O)NC(C)c1ccc(-c2cccnc2)cc1.Cl.Cl. The Balaban J connectivity index is 0.00000242. The van der Waals surface area contributed by atoms with Crippen molar-refractivity contribution in [3.05, 3.63) is 54.4 Å². The monoisotopic (exact) mass is 355 g/mol. The van der Waals surface area contributed by atoms with Gasteiger partial charge < -0.3 is 10.6 Å². The highest BCUT2D eigenvalue weighted by molar-refractivity contribution is 5.85. The van der Waals surface area contributed by atoms with Gasteiger partial charge in [-0.15, -0.1) is 24.8 Å². The van der Waals surface area contributed by atoms with E-state index in [9.17, 15) is 4.79 Å². The molecule has 126 valence electrons. The van der Waals surface area contributed by atoms with Crippen LogP contribution in [0.3, 0.4) is 0 Å². The Morgan fingerprint density at radius 2 is 1.83 bits per heavy atom. The Bertz CT molecular complexity index is 576. The maximum Gasteiger partial charge on any atom is 0.221 e. The minimum absolute atomic E-state index is 0. The van der Waals surface area contributed by atoms with Crippen LogP contribution >= 0.6 is 24.8 Å². The van der Waals surface area contributed by atoms with E-state index in [0.717, 1.165) is 16.7 Å². The number of nitrogens with zero attached hydrogens (tertiary/aromatic N) is 1. The number of aromatic nitrogens is 1. The van der Waals surface area contributed by atoms with Crippen LogP contribution < -0.4 is 10.6 Å². The highest BCUT2D eigenvalue weighted by Crippen LogP contribution is 2.21. The summed E-state index contributed by atoms with van der Waals surface area (Å²) in [5.74, 6) is 0.0631. The summed E-state index contributed by atoms with van der Waals surface area (Å²) in [7, 11) is 1.84. The first-order valence-electron chi connectivity index (χ1n) is 7.15. The van der Waals surface area contributed by atoms with Crippen LogP contribution in [0.15, 0.2) is 48.8 Å². The van der Waals surface area contributed by atoms with Gasteiger partial charge in [0.2, 0.25) is 5.91 Å². The second kappa shape index (κ2) is 11.0. The fourth-order valence-corrected chi connectivity index (χ4v) is 2.13. The van der Waals surface area contributed by atoms with E-state index in [0.29, 0.717) is 13.0 Å². The number of nitrogens with one attached hydrogen (secondary N) is 2. The molecule has 1 aromatic carbocycles. The molecule has 1 aromatic heterocycles. The van der Waals surface area contributed by atoms with Gasteiger partial charge in [0, 0.05) is 25.4 Å². The van der Waals surface area contributed by atoms with Crippen molar-refractivity contribution in [2.24, 2.45) is 0 Å². The molecule has 1 amide bonds. The van der Waals surface area contributed by atoms with Crippen LogP contribution in [-0.4, -0.2) is 24.5 Å². The van der Waals surface area contributed by atoms with Crippen LogP contribution in [0.1, 0.15) is 24.9 Å². The van der Waals surface area contributed by atoms with Crippen LogP contribution in [0.2, 0.25) is 0 Å². The number of carbonyl (C=O) groups is 1. The second-order valence-electron chi connectivity index (χ2n) is 5.01. The first-order valence-corrected chi connectivity index (χ1v) is 7.15. The van der Waals surface area contributed by atoms with Crippen LogP contribution in [-0.2, 0) is 4.79 Å². The quantitative estimate of drug-likeness (QED) is 0.834. The number of hydrogen-bond acceptors (Lipinski definition) is 3. The Morgan fingerprint density at radius 3 is 2.39 bits per heavy atom. The van der Waals surface area contributed by atoms with E-state index in [-0.39, 0.29) is 36.8 Å². The standard InChI is InChI=1S/C17H21N3O.2ClH/c1-13(20-17(21)9-11-18-2)14-5-7-15(8-6-14)16-4-3-10-19-12-16;;/h3-8,10,12-13,18H,9,11H2,1-2H3,(H,20,21);2*1H. The lowest BCUT2D eigenvalue weighted by Gasteiger charge is -2.15. The number of pyridine rings is 1. The van der Waals surface area contributed by atoms with E-state index in [1.165, 1.54) is 0 Å². The molecule has 0 fully saturated rings. The lowest BCUT2D eigenvalue weighted by Crippen LogP contribution is -2.28. The summed E-state index contributed by atoms with van der Waals surface area (Å²) in [6, 6.07) is 12.2. The molecule has 1 unspecified atom stereocenters. The van der Waals surface area contributed by atoms with Crippen molar-refractivity contribution in [1.29, 1.82) is 0 Å². The molecule has 0 aliphatic heterocycles. The molecule has 6 heteroatoms. The predicted octanol–water partition coefficient (Wildman–Crippen LogP) is 3.38. The first-order chi connectivity index (χ1) is 10.2. The van der Waals surface area contributed by atoms with Crippen molar-refractivity contribution in [3.8, 4) is 11.1 Å². The molecule has 0 aliphatic rings. The zero-order chi connectivity index (χ0) is 15.1. The highest BCUT2D eigenvalue weighted by atomic mass is 35.5. The van der Waals surface area contributed by atoms with E-state index in [4.69, 9.17) is 0 Å². The van der Waals surface area contributed by atoms with Gasteiger partial charge in [-0.2, -0.15) is 0 Å². The third kappa shape index (κ3) is 6.57. The average molecular weight is 356 g/mol. The molecular formula is C17H23Cl2N3O. The summed E-state index contributed by atoms with van der Waals surface area (Å²) < 4.78 is 0. The van der Waals surface area contributed by atoms with Gasteiger partial charge in [-0.25, -0.2) is 0 Å². The fourth-order valence-electron chi connectivity index (χ4n) is 2.13. The number of halogens is 2. The normalized spacial score (nSPS) is 10.9. The first kappa shape index (κ1) is 21.4. The number of amides is 1. The zero-order valence-electron chi connectivity index (χ0n) is 13.3. The molecule has 1 heterocycles. The molecule has 0 radical (unpaired) electrons. The number of hydrogen-bond donors (Lipinski definition) is 2. The van der Waals surface area contributed by atoms with E-state index in [2.05, 4.69) is 27.8 Å². The Labute approximate surface area is 149 Å². The molecule has 0 spiro atoms. The lowest BCUT2D eigenvalue weighted by atomic mass is 10.0. The number of benzene rings is 1. The fraction of sp³-hybridized carbons (Fsp3) is 0.294. The van der Waals surface area contributed by atoms with Gasteiger partial charge in [0.15, 0.2) is 0 Å². The van der Waals surface area contributed by atoms with Crippen molar-refractivity contribution in [2.75, 3.05) is 13.6 Å². The van der Waals surface area contributed by atoms with Gasteiger partial charge in [0.25, 0.3) is 0 Å². The highest BCUT2D eigenvalue weighted by Gasteiger charge is 2.09. The number of carbonyl (C=O) groups excluding carboxylic acids is 1. The zero-order valence-corrected chi connectivity index (χ0v) is 14.9. The molecule has 23 heavy (non-hydrogen) atoms. The molecule has 0 bridgehead atoms. The minimum Gasteiger partial charge on any atom is -0.350 e. The molecule has 2 N–H and O–H groups in total. The molecule has 0 aliphatic carbocycles. The second-order valence-corrected chi connectivity index (χ2v) is 5.01. The summed E-state index contributed by atoms with van der Waals surface area (Å²) >= 11 is 0. The van der Waals surface area contributed by atoms with Crippen molar-refractivity contribution in [3.63, 3.8) is 0 Å². The van der Waals surface area contributed by atoms with Gasteiger partial charge in [0.1, 0.15) is 0 Å². The van der Waals surface area contributed by atoms with E-state index >= 15 is 0 Å².